The van der Waals surface area contributed by atoms with Crippen molar-refractivity contribution >= 4 is 21.7 Å². The smallest absolute Gasteiger partial charge is 0.146 e. The van der Waals surface area contributed by atoms with Gasteiger partial charge in [-0.1, -0.05) is 35.7 Å². The van der Waals surface area contributed by atoms with Gasteiger partial charge in [-0.3, -0.25) is 4.79 Å². The Bertz CT molecular complexity index is 144. The Hall–Kier alpha value is 0.150. The zero-order valence-corrected chi connectivity index (χ0v) is 8.56. The lowest BCUT2D eigenvalue weighted by atomic mass is 9.97. The Morgan fingerprint density at radius 2 is 2.27 bits per heavy atom. The fourth-order valence-electron chi connectivity index (χ4n) is 1.66. The number of hydrogen-bond acceptors (Lipinski definition) is 1. The lowest BCUT2D eigenvalue weighted by Gasteiger charge is -2.15. The van der Waals surface area contributed by atoms with Gasteiger partial charge in [0.15, 0.2) is 0 Å². The van der Waals surface area contributed by atoms with Gasteiger partial charge in [-0.05, 0) is 18.8 Å². The molecule has 2 heteroatoms. The molecule has 1 aliphatic carbocycles. The number of hydrogen-bond donors (Lipinski definition) is 0. The van der Waals surface area contributed by atoms with Gasteiger partial charge in [-0.25, -0.2) is 0 Å². The van der Waals surface area contributed by atoms with E-state index in [4.69, 9.17) is 0 Å². The summed E-state index contributed by atoms with van der Waals surface area (Å²) in [4.78, 5) is 11.5. The molecule has 1 aliphatic rings. The Morgan fingerprint density at radius 3 is 2.91 bits per heavy atom. The van der Waals surface area contributed by atoms with Crippen molar-refractivity contribution in [3.05, 3.63) is 0 Å². The second kappa shape index (κ2) is 4.24. The van der Waals surface area contributed by atoms with Gasteiger partial charge in [0.05, 0.1) is 4.83 Å². The van der Waals surface area contributed by atoms with Crippen molar-refractivity contribution in [3.8, 4) is 0 Å². The van der Waals surface area contributed by atoms with Crippen LogP contribution in [0.1, 0.15) is 39.0 Å². The molecular formula is C9H15BrO. The third kappa shape index (κ3) is 2.29. The summed E-state index contributed by atoms with van der Waals surface area (Å²) in [6.07, 6.45) is 5.45. The number of halogens is 1. The molecule has 1 rings (SSSR count). The van der Waals surface area contributed by atoms with E-state index in [-0.39, 0.29) is 4.83 Å². The van der Waals surface area contributed by atoms with Crippen LogP contribution < -0.4 is 0 Å². The van der Waals surface area contributed by atoms with Gasteiger partial charge in [0.25, 0.3) is 0 Å². The largest absolute Gasteiger partial charge is 0.298 e. The van der Waals surface area contributed by atoms with Crippen molar-refractivity contribution in [3.63, 3.8) is 0 Å². The molecule has 0 unspecified atom stereocenters. The van der Waals surface area contributed by atoms with Crippen LogP contribution in [0.3, 0.4) is 0 Å². The van der Waals surface area contributed by atoms with E-state index in [9.17, 15) is 4.79 Å². The maximum atomic E-state index is 11.3. The maximum Gasteiger partial charge on any atom is 0.146 e. The molecule has 0 aromatic heterocycles. The van der Waals surface area contributed by atoms with Crippen LogP contribution in [0.25, 0.3) is 0 Å². The monoisotopic (exact) mass is 218 g/mol. The minimum atomic E-state index is 0.148. The van der Waals surface area contributed by atoms with Crippen LogP contribution >= 0.6 is 15.9 Å². The summed E-state index contributed by atoms with van der Waals surface area (Å²) in [6.45, 7) is 2.16. The number of carbonyl (C=O) groups excluding carboxylic acids is 1. The summed E-state index contributed by atoms with van der Waals surface area (Å²) in [5, 5.41) is 0. The molecule has 0 N–H and O–H groups in total. The van der Waals surface area contributed by atoms with E-state index in [0.717, 1.165) is 19.3 Å². The summed E-state index contributed by atoms with van der Waals surface area (Å²) in [7, 11) is 0. The Morgan fingerprint density at radius 1 is 1.55 bits per heavy atom. The van der Waals surface area contributed by atoms with Crippen molar-refractivity contribution in [2.45, 2.75) is 43.9 Å². The van der Waals surface area contributed by atoms with Crippen LogP contribution in [0.5, 0.6) is 0 Å². The summed E-state index contributed by atoms with van der Waals surface area (Å²) < 4.78 is 0. The molecular weight excluding hydrogens is 204 g/mol. The van der Waals surface area contributed by atoms with Crippen LogP contribution in [-0.4, -0.2) is 10.6 Å². The first-order valence-corrected chi connectivity index (χ1v) is 5.34. The van der Waals surface area contributed by atoms with E-state index in [0.29, 0.717) is 11.7 Å². The van der Waals surface area contributed by atoms with E-state index in [1.165, 1.54) is 12.8 Å². The van der Waals surface area contributed by atoms with Crippen molar-refractivity contribution in [1.82, 2.24) is 0 Å². The van der Waals surface area contributed by atoms with Gasteiger partial charge in [0.1, 0.15) is 5.78 Å². The van der Waals surface area contributed by atoms with Gasteiger partial charge in [0.2, 0.25) is 0 Å². The molecule has 2 atom stereocenters. The molecule has 1 nitrogen and oxygen atoms in total. The molecule has 0 saturated heterocycles. The van der Waals surface area contributed by atoms with Gasteiger partial charge in [-0.2, -0.15) is 0 Å². The first-order valence-electron chi connectivity index (χ1n) is 4.42. The molecule has 1 saturated carbocycles. The van der Waals surface area contributed by atoms with Gasteiger partial charge in [0, 0.05) is 6.42 Å². The molecule has 0 heterocycles. The predicted molar refractivity (Wildman–Crippen MR) is 50.0 cm³/mol. The second-order valence-corrected chi connectivity index (χ2v) is 4.27. The highest BCUT2D eigenvalue weighted by Gasteiger charge is 2.25. The van der Waals surface area contributed by atoms with E-state index < -0.39 is 0 Å². The van der Waals surface area contributed by atoms with Crippen LogP contribution in [0.4, 0.5) is 0 Å². The SMILES string of the molecule is CC[C@@H]1CCCCC(=O)[C@@H]1Br. The fourth-order valence-corrected chi connectivity index (χ4v) is 2.53. The van der Waals surface area contributed by atoms with Gasteiger partial charge in [-0.15, -0.1) is 0 Å². The number of alkyl halides is 1. The third-order valence-corrected chi connectivity index (χ3v) is 3.75. The molecule has 0 amide bonds. The molecule has 64 valence electrons. The molecule has 0 aromatic carbocycles. The average molecular weight is 219 g/mol. The zero-order valence-electron chi connectivity index (χ0n) is 6.98. The van der Waals surface area contributed by atoms with E-state index >= 15 is 0 Å². The second-order valence-electron chi connectivity index (χ2n) is 3.28. The van der Waals surface area contributed by atoms with Crippen molar-refractivity contribution < 1.29 is 4.79 Å². The lowest BCUT2D eigenvalue weighted by Crippen LogP contribution is -2.20. The topological polar surface area (TPSA) is 17.1 Å². The lowest BCUT2D eigenvalue weighted by molar-refractivity contribution is -0.118. The minimum absolute atomic E-state index is 0.148. The Balaban J connectivity index is 2.56. The molecule has 0 aliphatic heterocycles. The van der Waals surface area contributed by atoms with Crippen molar-refractivity contribution in [1.29, 1.82) is 0 Å². The zero-order chi connectivity index (χ0) is 8.27. The van der Waals surface area contributed by atoms with Gasteiger partial charge >= 0.3 is 0 Å². The summed E-state index contributed by atoms with van der Waals surface area (Å²) >= 11 is 3.48. The molecule has 0 bridgehead atoms. The summed E-state index contributed by atoms with van der Waals surface area (Å²) in [5.74, 6) is 0.999. The summed E-state index contributed by atoms with van der Waals surface area (Å²) in [6, 6.07) is 0. The first-order chi connectivity index (χ1) is 5.25. The normalized spacial score (nSPS) is 33.5. The Labute approximate surface area is 76.7 Å². The highest BCUT2D eigenvalue weighted by Crippen LogP contribution is 2.28. The average Bonchev–Trinajstić information content (AvgIpc) is 2.16. The van der Waals surface area contributed by atoms with Crippen LogP contribution in [0, 0.1) is 5.92 Å². The van der Waals surface area contributed by atoms with Gasteiger partial charge < -0.3 is 0 Å². The van der Waals surface area contributed by atoms with Crippen molar-refractivity contribution in [2.75, 3.05) is 0 Å². The third-order valence-electron chi connectivity index (χ3n) is 2.49. The number of Topliss-reactive ketones (excluding diaryl/α,β-unsaturated/α-hetero) is 1. The first kappa shape index (κ1) is 9.24. The molecule has 0 radical (unpaired) electrons. The minimum Gasteiger partial charge on any atom is -0.298 e. The number of ketones is 1. The highest BCUT2D eigenvalue weighted by atomic mass is 79.9. The molecule has 1 fully saturated rings. The standard InChI is InChI=1S/C9H15BrO/c1-2-7-5-3-4-6-8(11)9(7)10/h7,9H,2-6H2,1H3/t7-,9-/m1/s1. The quantitative estimate of drug-likeness (QED) is 0.489. The predicted octanol–water partition coefficient (Wildman–Crippen LogP) is 2.92. The molecule has 0 spiro atoms. The van der Waals surface area contributed by atoms with E-state index in [1.54, 1.807) is 0 Å². The van der Waals surface area contributed by atoms with Crippen LogP contribution in [0.2, 0.25) is 0 Å². The maximum absolute atomic E-state index is 11.3. The Kier molecular flexibility index (Phi) is 3.57. The fraction of sp³-hybridized carbons (Fsp3) is 0.889. The number of rotatable bonds is 1. The highest BCUT2D eigenvalue weighted by molar-refractivity contribution is 9.10. The van der Waals surface area contributed by atoms with Crippen molar-refractivity contribution in [2.24, 2.45) is 5.92 Å². The van der Waals surface area contributed by atoms with E-state index in [2.05, 4.69) is 22.9 Å². The molecule has 11 heavy (non-hydrogen) atoms. The summed E-state index contributed by atoms with van der Waals surface area (Å²) in [5.41, 5.74) is 0. The van der Waals surface area contributed by atoms with Crippen LogP contribution in [0.15, 0.2) is 0 Å². The molecule has 0 aromatic rings. The van der Waals surface area contributed by atoms with Crippen LogP contribution in [-0.2, 0) is 4.79 Å². The number of carbonyl (C=O) groups is 1. The van der Waals surface area contributed by atoms with E-state index in [1.807, 2.05) is 0 Å².